The van der Waals surface area contributed by atoms with Crippen molar-refractivity contribution in [2.24, 2.45) is 5.92 Å². The quantitative estimate of drug-likeness (QED) is 0.815. The van der Waals surface area contributed by atoms with Crippen LogP contribution in [0.3, 0.4) is 0 Å². The molecule has 2 fully saturated rings. The molecule has 2 heterocycles. The normalized spacial score (nSPS) is 18.4. The maximum absolute atomic E-state index is 12.6. The fraction of sp³-hybridized carbons (Fsp3) is 0.458. The van der Waals surface area contributed by atoms with Gasteiger partial charge in [-0.3, -0.25) is 9.69 Å². The van der Waals surface area contributed by atoms with Gasteiger partial charge in [-0.25, -0.2) is 0 Å². The van der Waals surface area contributed by atoms with Crippen molar-refractivity contribution in [1.29, 1.82) is 0 Å². The zero-order chi connectivity index (χ0) is 19.3. The standard InChI is InChI=1S/C24H31N3O/c1-19-12-16-26(17-13-19)18-20-4-6-21(7-5-20)24(28)25-22-8-10-23(11-9-22)27-14-2-3-15-27/h4-11,19H,2-3,12-18H2,1H3,(H,25,28). The number of anilines is 2. The average molecular weight is 378 g/mol. The number of carbonyl (C=O) groups is 1. The summed E-state index contributed by atoms with van der Waals surface area (Å²) < 4.78 is 0. The lowest BCUT2D eigenvalue weighted by Crippen LogP contribution is -2.32. The highest BCUT2D eigenvalue weighted by atomic mass is 16.1. The highest BCUT2D eigenvalue weighted by Crippen LogP contribution is 2.22. The van der Waals surface area contributed by atoms with Gasteiger partial charge < -0.3 is 10.2 Å². The molecule has 0 spiro atoms. The van der Waals surface area contributed by atoms with Gasteiger partial charge in [0.2, 0.25) is 0 Å². The number of likely N-dealkylation sites (tertiary alicyclic amines) is 1. The summed E-state index contributed by atoms with van der Waals surface area (Å²) in [6.07, 6.45) is 5.12. The molecule has 2 saturated heterocycles. The Morgan fingerprint density at radius 1 is 0.929 bits per heavy atom. The molecule has 0 radical (unpaired) electrons. The van der Waals surface area contributed by atoms with Crippen molar-refractivity contribution < 1.29 is 4.79 Å². The third-order valence-electron chi connectivity index (χ3n) is 6.09. The Kier molecular flexibility index (Phi) is 5.96. The lowest BCUT2D eigenvalue weighted by molar-refractivity contribution is 0.102. The molecule has 0 aromatic heterocycles. The number of hydrogen-bond donors (Lipinski definition) is 1. The van der Waals surface area contributed by atoms with Crippen LogP contribution in [0.25, 0.3) is 0 Å². The van der Waals surface area contributed by atoms with Gasteiger partial charge in [-0.1, -0.05) is 19.1 Å². The molecule has 0 saturated carbocycles. The van der Waals surface area contributed by atoms with E-state index in [1.54, 1.807) is 0 Å². The van der Waals surface area contributed by atoms with Crippen molar-refractivity contribution in [3.63, 3.8) is 0 Å². The number of nitrogens with zero attached hydrogens (tertiary/aromatic N) is 2. The first-order valence-electron chi connectivity index (χ1n) is 10.6. The predicted octanol–water partition coefficient (Wildman–Crippen LogP) is 4.77. The maximum atomic E-state index is 12.6. The fourth-order valence-electron chi connectivity index (χ4n) is 4.17. The summed E-state index contributed by atoms with van der Waals surface area (Å²) in [6, 6.07) is 16.3. The highest BCUT2D eigenvalue weighted by molar-refractivity contribution is 6.04. The van der Waals surface area contributed by atoms with Gasteiger partial charge in [0.15, 0.2) is 0 Å². The minimum absolute atomic E-state index is 0.0488. The number of hydrogen-bond acceptors (Lipinski definition) is 3. The summed E-state index contributed by atoms with van der Waals surface area (Å²) in [5.41, 5.74) is 4.08. The number of carbonyl (C=O) groups excluding carboxylic acids is 1. The predicted molar refractivity (Wildman–Crippen MR) is 116 cm³/mol. The zero-order valence-corrected chi connectivity index (χ0v) is 16.9. The van der Waals surface area contributed by atoms with Gasteiger partial charge in [0.05, 0.1) is 0 Å². The van der Waals surface area contributed by atoms with E-state index in [1.165, 1.54) is 50.0 Å². The summed E-state index contributed by atoms with van der Waals surface area (Å²) >= 11 is 0. The Labute approximate surface area is 168 Å². The molecule has 0 atom stereocenters. The van der Waals surface area contributed by atoms with Crippen LogP contribution in [0.4, 0.5) is 11.4 Å². The maximum Gasteiger partial charge on any atom is 0.255 e. The molecule has 0 unspecified atom stereocenters. The Morgan fingerprint density at radius 3 is 2.21 bits per heavy atom. The van der Waals surface area contributed by atoms with Crippen molar-refractivity contribution in [3.05, 3.63) is 59.7 Å². The molecule has 28 heavy (non-hydrogen) atoms. The fourth-order valence-corrected chi connectivity index (χ4v) is 4.17. The van der Waals surface area contributed by atoms with E-state index in [1.807, 2.05) is 24.3 Å². The molecule has 2 aliphatic rings. The highest BCUT2D eigenvalue weighted by Gasteiger charge is 2.16. The van der Waals surface area contributed by atoms with Crippen LogP contribution in [0.15, 0.2) is 48.5 Å². The molecule has 4 nitrogen and oxygen atoms in total. The van der Waals surface area contributed by atoms with Gasteiger partial charge in [-0.05, 0) is 86.7 Å². The Balaban J connectivity index is 1.32. The van der Waals surface area contributed by atoms with E-state index in [2.05, 4.69) is 46.3 Å². The summed E-state index contributed by atoms with van der Waals surface area (Å²) in [6.45, 7) is 7.94. The van der Waals surface area contributed by atoms with Gasteiger partial charge in [-0.2, -0.15) is 0 Å². The van der Waals surface area contributed by atoms with E-state index in [9.17, 15) is 4.79 Å². The topological polar surface area (TPSA) is 35.6 Å². The van der Waals surface area contributed by atoms with Crippen molar-refractivity contribution in [1.82, 2.24) is 4.90 Å². The summed E-state index contributed by atoms with van der Waals surface area (Å²) in [5, 5.41) is 3.01. The van der Waals surface area contributed by atoms with E-state index in [-0.39, 0.29) is 5.91 Å². The minimum atomic E-state index is -0.0488. The number of amides is 1. The Morgan fingerprint density at radius 2 is 1.57 bits per heavy atom. The molecule has 1 N–H and O–H groups in total. The number of benzene rings is 2. The van der Waals surface area contributed by atoms with Gasteiger partial charge in [-0.15, -0.1) is 0 Å². The first kappa shape index (κ1) is 19.0. The van der Waals surface area contributed by atoms with Crippen molar-refractivity contribution in [2.45, 2.75) is 39.2 Å². The molecule has 0 aliphatic carbocycles. The van der Waals surface area contributed by atoms with Crippen molar-refractivity contribution >= 4 is 17.3 Å². The van der Waals surface area contributed by atoms with Crippen molar-refractivity contribution in [2.75, 3.05) is 36.4 Å². The van der Waals surface area contributed by atoms with E-state index in [4.69, 9.17) is 0 Å². The lowest BCUT2D eigenvalue weighted by atomic mass is 9.99. The second-order valence-electron chi connectivity index (χ2n) is 8.35. The molecule has 2 aromatic rings. The zero-order valence-electron chi connectivity index (χ0n) is 16.9. The van der Waals surface area contributed by atoms with Crippen LogP contribution in [0.2, 0.25) is 0 Å². The van der Waals surface area contributed by atoms with Crippen LogP contribution < -0.4 is 10.2 Å². The van der Waals surface area contributed by atoms with Gasteiger partial charge in [0.25, 0.3) is 5.91 Å². The number of rotatable bonds is 5. The van der Waals surface area contributed by atoms with Crippen LogP contribution in [0.5, 0.6) is 0 Å². The largest absolute Gasteiger partial charge is 0.372 e. The molecule has 2 aliphatic heterocycles. The third kappa shape index (κ3) is 4.74. The molecular formula is C24H31N3O. The first-order chi connectivity index (χ1) is 13.7. The van der Waals surface area contributed by atoms with E-state index < -0.39 is 0 Å². The summed E-state index contributed by atoms with van der Waals surface area (Å²) in [5.74, 6) is 0.805. The Bertz CT molecular complexity index is 771. The van der Waals surface area contributed by atoms with Crippen LogP contribution in [0.1, 0.15) is 48.5 Å². The number of nitrogens with one attached hydrogen (secondary N) is 1. The first-order valence-corrected chi connectivity index (χ1v) is 10.6. The number of piperidine rings is 1. The Hall–Kier alpha value is -2.33. The molecule has 0 bridgehead atoms. The SMILES string of the molecule is CC1CCN(Cc2ccc(C(=O)Nc3ccc(N4CCCC4)cc3)cc2)CC1. The van der Waals surface area contributed by atoms with E-state index in [0.29, 0.717) is 5.56 Å². The molecule has 4 heteroatoms. The van der Waals surface area contributed by atoms with Crippen LogP contribution in [-0.2, 0) is 6.54 Å². The minimum Gasteiger partial charge on any atom is -0.372 e. The third-order valence-corrected chi connectivity index (χ3v) is 6.09. The molecule has 4 rings (SSSR count). The van der Waals surface area contributed by atoms with Crippen LogP contribution in [-0.4, -0.2) is 37.0 Å². The van der Waals surface area contributed by atoms with E-state index in [0.717, 1.165) is 31.2 Å². The summed E-state index contributed by atoms with van der Waals surface area (Å²) in [7, 11) is 0. The molecule has 1 amide bonds. The molecule has 148 valence electrons. The smallest absolute Gasteiger partial charge is 0.255 e. The van der Waals surface area contributed by atoms with Gasteiger partial charge >= 0.3 is 0 Å². The monoisotopic (exact) mass is 377 g/mol. The van der Waals surface area contributed by atoms with Crippen LogP contribution >= 0.6 is 0 Å². The second kappa shape index (κ2) is 8.78. The average Bonchev–Trinajstić information content (AvgIpc) is 3.26. The molecule has 2 aromatic carbocycles. The second-order valence-corrected chi connectivity index (χ2v) is 8.35. The van der Waals surface area contributed by atoms with Crippen molar-refractivity contribution in [3.8, 4) is 0 Å². The summed E-state index contributed by atoms with van der Waals surface area (Å²) in [4.78, 5) is 17.5. The van der Waals surface area contributed by atoms with Gasteiger partial charge in [0.1, 0.15) is 0 Å². The molecular weight excluding hydrogens is 346 g/mol. The van der Waals surface area contributed by atoms with Crippen LogP contribution in [0, 0.1) is 5.92 Å². The van der Waals surface area contributed by atoms with E-state index >= 15 is 0 Å². The van der Waals surface area contributed by atoms with Gasteiger partial charge in [0, 0.05) is 36.6 Å². The lowest BCUT2D eigenvalue weighted by Gasteiger charge is -2.30.